The lowest BCUT2D eigenvalue weighted by Gasteiger charge is -2.35. The molecule has 3 aromatic rings. The molecule has 0 saturated carbocycles. The normalized spacial score (nSPS) is 16.8. The zero-order chi connectivity index (χ0) is 19.5. The summed E-state index contributed by atoms with van der Waals surface area (Å²) in [5.41, 5.74) is 7.56. The lowest BCUT2D eigenvalue weighted by atomic mass is 10.0. The molecule has 142 valence electrons. The fourth-order valence-electron chi connectivity index (χ4n) is 3.37. The number of halogens is 1. The van der Waals surface area contributed by atoms with Crippen LogP contribution in [0.1, 0.15) is 27.7 Å². The molecule has 1 atom stereocenters. The average molecular weight is 394 g/mol. The molecule has 7 heteroatoms. The lowest BCUT2D eigenvalue weighted by Crippen LogP contribution is -2.46. The smallest absolute Gasteiger partial charge is 0.216 e. The van der Waals surface area contributed by atoms with E-state index in [4.69, 9.17) is 17.3 Å². The van der Waals surface area contributed by atoms with Crippen molar-refractivity contribution in [3.05, 3.63) is 82.6 Å². The molecule has 28 heavy (non-hydrogen) atoms. The van der Waals surface area contributed by atoms with Crippen LogP contribution < -0.4 is 16.0 Å². The summed E-state index contributed by atoms with van der Waals surface area (Å²) in [5, 5.41) is 3.83. The molecule has 6 nitrogen and oxygen atoms in total. The summed E-state index contributed by atoms with van der Waals surface area (Å²) in [4.78, 5) is 23.6. The molecule has 2 aromatic heterocycles. The first-order valence-corrected chi connectivity index (χ1v) is 9.46. The maximum absolute atomic E-state index is 12.9. The number of carbonyl (C=O) groups excluding carboxylic acids is 1. The molecule has 1 aliphatic heterocycles. The summed E-state index contributed by atoms with van der Waals surface area (Å²) in [6.45, 7) is 2.37. The summed E-state index contributed by atoms with van der Waals surface area (Å²) in [6.07, 6.45) is 1.54. The van der Waals surface area contributed by atoms with E-state index in [1.54, 1.807) is 24.4 Å². The second kappa shape index (κ2) is 7.96. The number of nitrogens with one attached hydrogen (secondary N) is 1. The number of pyridine rings is 2. The first kappa shape index (κ1) is 18.4. The Bertz CT molecular complexity index is 995. The third-order valence-electron chi connectivity index (χ3n) is 4.83. The number of nitrogens with zero attached hydrogens (tertiary/aromatic N) is 3. The highest BCUT2D eigenvalue weighted by atomic mass is 35.5. The topological polar surface area (TPSA) is 84.1 Å². The fraction of sp³-hybridized carbons (Fsp3) is 0.190. The second-order valence-corrected chi connectivity index (χ2v) is 7.04. The van der Waals surface area contributed by atoms with E-state index in [1.807, 2.05) is 24.3 Å². The fourth-order valence-corrected chi connectivity index (χ4v) is 3.56. The first-order chi connectivity index (χ1) is 13.6. The number of ketones is 1. The van der Waals surface area contributed by atoms with Crippen molar-refractivity contribution < 1.29 is 4.79 Å². The predicted octanol–water partition coefficient (Wildman–Crippen LogP) is 3.09. The van der Waals surface area contributed by atoms with Gasteiger partial charge in [-0.2, -0.15) is 0 Å². The first-order valence-electron chi connectivity index (χ1n) is 9.08. The third-order valence-corrected chi connectivity index (χ3v) is 5.14. The minimum atomic E-state index is -0.327. The highest BCUT2D eigenvalue weighted by Crippen LogP contribution is 2.26. The number of piperazine rings is 1. The Kier molecular flexibility index (Phi) is 5.23. The van der Waals surface area contributed by atoms with E-state index in [0.717, 1.165) is 25.5 Å². The van der Waals surface area contributed by atoms with Gasteiger partial charge in [0.1, 0.15) is 17.3 Å². The number of hydrogen-bond donors (Lipinski definition) is 2. The summed E-state index contributed by atoms with van der Waals surface area (Å²) >= 11 is 6.28. The van der Waals surface area contributed by atoms with Gasteiger partial charge in [-0.25, -0.2) is 9.97 Å². The van der Waals surface area contributed by atoms with E-state index in [-0.39, 0.29) is 23.3 Å². The molecule has 0 bridgehead atoms. The van der Waals surface area contributed by atoms with Gasteiger partial charge >= 0.3 is 0 Å². The van der Waals surface area contributed by atoms with Crippen LogP contribution in [-0.2, 0) is 0 Å². The molecule has 4 rings (SSSR count). The molecule has 0 spiro atoms. The lowest BCUT2D eigenvalue weighted by molar-refractivity contribution is 0.103. The molecule has 1 saturated heterocycles. The van der Waals surface area contributed by atoms with E-state index >= 15 is 0 Å². The van der Waals surface area contributed by atoms with Gasteiger partial charge in [0.2, 0.25) is 5.78 Å². The van der Waals surface area contributed by atoms with E-state index in [0.29, 0.717) is 10.6 Å². The minimum Gasteiger partial charge on any atom is -0.383 e. The van der Waals surface area contributed by atoms with Gasteiger partial charge in [0, 0.05) is 31.9 Å². The molecule has 0 amide bonds. The number of rotatable bonds is 4. The standard InChI is InChI=1S/C21H20ClN5O/c22-16-8-9-18(26-19(16)20(28)15-7-4-10-25-21(15)23)27-12-11-24-17(13-27)14-5-2-1-3-6-14/h1-10,17,24H,11-13H2,(H2,23,25). The van der Waals surface area contributed by atoms with Gasteiger partial charge in [0.05, 0.1) is 10.6 Å². The summed E-state index contributed by atoms with van der Waals surface area (Å²) in [7, 11) is 0. The molecular weight excluding hydrogens is 374 g/mol. The minimum absolute atomic E-state index is 0.169. The third kappa shape index (κ3) is 3.69. The van der Waals surface area contributed by atoms with Crippen molar-refractivity contribution in [2.75, 3.05) is 30.3 Å². The molecule has 0 aliphatic carbocycles. The van der Waals surface area contributed by atoms with Gasteiger partial charge in [-0.15, -0.1) is 0 Å². The predicted molar refractivity (Wildman–Crippen MR) is 111 cm³/mol. The Hall–Kier alpha value is -2.96. The molecule has 3 N–H and O–H groups in total. The molecule has 1 unspecified atom stereocenters. The number of nitrogen functional groups attached to an aromatic ring is 1. The van der Waals surface area contributed by atoms with Crippen molar-refractivity contribution >= 4 is 29.0 Å². The molecule has 0 radical (unpaired) electrons. The zero-order valence-corrected chi connectivity index (χ0v) is 15.9. The Balaban J connectivity index is 1.62. The summed E-state index contributed by atoms with van der Waals surface area (Å²) in [5.74, 6) is 0.562. The number of anilines is 2. The summed E-state index contributed by atoms with van der Waals surface area (Å²) < 4.78 is 0. The van der Waals surface area contributed by atoms with E-state index in [9.17, 15) is 4.79 Å². The van der Waals surface area contributed by atoms with Gasteiger partial charge in [0.15, 0.2) is 0 Å². The van der Waals surface area contributed by atoms with Crippen LogP contribution in [0.3, 0.4) is 0 Å². The van der Waals surface area contributed by atoms with Crippen LogP contribution in [0, 0.1) is 0 Å². The number of benzene rings is 1. The largest absolute Gasteiger partial charge is 0.383 e. The van der Waals surface area contributed by atoms with Crippen molar-refractivity contribution in [2.45, 2.75) is 6.04 Å². The van der Waals surface area contributed by atoms with Crippen LogP contribution in [0.5, 0.6) is 0 Å². The SMILES string of the molecule is Nc1ncccc1C(=O)c1nc(N2CCNC(c3ccccc3)C2)ccc1Cl. The Morgan fingerprint density at radius 3 is 2.75 bits per heavy atom. The van der Waals surface area contributed by atoms with Gasteiger partial charge in [-0.3, -0.25) is 4.79 Å². The monoisotopic (exact) mass is 393 g/mol. The number of nitrogens with two attached hydrogens (primary N) is 1. The van der Waals surface area contributed by atoms with Crippen molar-refractivity contribution in [1.29, 1.82) is 0 Å². The maximum atomic E-state index is 12.9. The molecular formula is C21H20ClN5O. The van der Waals surface area contributed by atoms with Gasteiger partial charge in [0.25, 0.3) is 0 Å². The highest BCUT2D eigenvalue weighted by molar-refractivity contribution is 6.34. The van der Waals surface area contributed by atoms with E-state index in [1.165, 1.54) is 5.56 Å². The highest BCUT2D eigenvalue weighted by Gasteiger charge is 2.24. The van der Waals surface area contributed by atoms with Gasteiger partial charge < -0.3 is 16.0 Å². The van der Waals surface area contributed by atoms with Crippen LogP contribution in [0.4, 0.5) is 11.6 Å². The van der Waals surface area contributed by atoms with Crippen molar-refractivity contribution in [1.82, 2.24) is 15.3 Å². The Morgan fingerprint density at radius 1 is 1.14 bits per heavy atom. The van der Waals surface area contributed by atoms with Crippen molar-refractivity contribution in [2.24, 2.45) is 0 Å². The molecule has 1 aliphatic rings. The molecule has 1 aromatic carbocycles. The average Bonchev–Trinajstić information content (AvgIpc) is 2.75. The van der Waals surface area contributed by atoms with Crippen LogP contribution in [0.15, 0.2) is 60.8 Å². The second-order valence-electron chi connectivity index (χ2n) is 6.63. The van der Waals surface area contributed by atoms with Crippen LogP contribution >= 0.6 is 11.6 Å². The van der Waals surface area contributed by atoms with Crippen molar-refractivity contribution in [3.8, 4) is 0 Å². The Morgan fingerprint density at radius 2 is 1.96 bits per heavy atom. The van der Waals surface area contributed by atoms with Crippen LogP contribution in [-0.4, -0.2) is 35.4 Å². The van der Waals surface area contributed by atoms with Gasteiger partial charge in [-0.1, -0.05) is 41.9 Å². The van der Waals surface area contributed by atoms with E-state index in [2.05, 4.69) is 32.3 Å². The van der Waals surface area contributed by atoms with Crippen molar-refractivity contribution in [3.63, 3.8) is 0 Å². The van der Waals surface area contributed by atoms with E-state index < -0.39 is 0 Å². The molecule has 3 heterocycles. The number of hydrogen-bond acceptors (Lipinski definition) is 6. The summed E-state index contributed by atoms with van der Waals surface area (Å²) in [6, 6.07) is 17.3. The van der Waals surface area contributed by atoms with Crippen LogP contribution in [0.2, 0.25) is 5.02 Å². The van der Waals surface area contributed by atoms with Gasteiger partial charge in [-0.05, 0) is 29.8 Å². The molecule has 1 fully saturated rings. The number of carbonyl (C=O) groups is 1. The zero-order valence-electron chi connectivity index (χ0n) is 15.2. The number of aromatic nitrogens is 2. The quantitative estimate of drug-likeness (QED) is 0.662. The Labute approximate surface area is 168 Å². The van der Waals surface area contributed by atoms with Crippen LogP contribution in [0.25, 0.3) is 0 Å². The maximum Gasteiger partial charge on any atom is 0.216 e.